The molecular weight excluding hydrogens is 423 g/mol. The number of carbonyl (C=O) groups is 2. The lowest BCUT2D eigenvalue weighted by atomic mass is 9.44. The van der Waals surface area contributed by atoms with Crippen molar-refractivity contribution in [1.29, 1.82) is 0 Å². The molecule has 3 aliphatic carbocycles. The quantitative estimate of drug-likeness (QED) is 0.619. The molecule has 0 aliphatic heterocycles. The molecule has 3 fully saturated rings. The van der Waals surface area contributed by atoms with Gasteiger partial charge in [0.05, 0.1) is 11.6 Å². The highest BCUT2D eigenvalue weighted by Crippen LogP contribution is 2.60. The number of hydrogen-bond acceptors (Lipinski definition) is 4. The molecule has 3 saturated carbocycles. The molecule has 2 bridgehead atoms. The molecular formula is C23H24ClFN2O4. The zero-order valence-corrected chi connectivity index (χ0v) is 17.9. The van der Waals surface area contributed by atoms with Crippen LogP contribution < -0.4 is 15.4 Å². The van der Waals surface area contributed by atoms with Gasteiger partial charge in [-0.05, 0) is 43.9 Å². The van der Waals surface area contributed by atoms with Crippen LogP contribution in [0.3, 0.4) is 0 Å². The number of carbonyl (C=O) groups excluding carboxylic acids is 2. The minimum atomic E-state index is -0.598. The molecule has 0 heterocycles. The third-order valence-electron chi connectivity index (χ3n) is 5.68. The Morgan fingerprint density at radius 2 is 1.71 bits per heavy atom. The second-order valence-corrected chi connectivity index (χ2v) is 8.94. The first-order valence-electron chi connectivity index (χ1n) is 10.1. The van der Waals surface area contributed by atoms with Crippen LogP contribution in [-0.4, -0.2) is 36.1 Å². The predicted octanol–water partition coefficient (Wildman–Crippen LogP) is 3.29. The van der Waals surface area contributed by atoms with Gasteiger partial charge in [0, 0.05) is 17.1 Å². The summed E-state index contributed by atoms with van der Waals surface area (Å²) in [5.74, 6) is -0.791. The summed E-state index contributed by atoms with van der Waals surface area (Å²) in [5, 5.41) is 5.98. The zero-order chi connectivity index (χ0) is 22.1. The summed E-state index contributed by atoms with van der Waals surface area (Å²) < 4.78 is 24.2. The molecule has 0 spiro atoms. The highest BCUT2D eigenvalue weighted by Gasteiger charge is 2.69. The Balaban J connectivity index is 1.14. The Morgan fingerprint density at radius 3 is 2.35 bits per heavy atom. The fourth-order valence-electron chi connectivity index (χ4n) is 4.50. The fraction of sp³-hybridized carbons (Fsp3) is 0.391. The van der Waals surface area contributed by atoms with Crippen LogP contribution in [0.1, 0.15) is 30.4 Å². The molecule has 3 aliphatic rings. The number of nitrogens with one attached hydrogen (secondary N) is 2. The monoisotopic (exact) mass is 446 g/mol. The smallest absolute Gasteiger partial charge is 0.258 e. The molecule has 2 aromatic rings. The average molecular weight is 447 g/mol. The first-order chi connectivity index (χ1) is 14.8. The lowest BCUT2D eigenvalue weighted by molar-refractivity contribution is -0.152. The van der Waals surface area contributed by atoms with Crippen LogP contribution in [0.5, 0.6) is 5.75 Å². The van der Waals surface area contributed by atoms with Crippen molar-refractivity contribution in [2.24, 2.45) is 0 Å². The van der Waals surface area contributed by atoms with Crippen molar-refractivity contribution in [3.8, 4) is 5.75 Å². The van der Waals surface area contributed by atoms with Gasteiger partial charge < -0.3 is 20.1 Å². The summed E-state index contributed by atoms with van der Waals surface area (Å²) in [5.41, 5.74) is 1.64. The van der Waals surface area contributed by atoms with Gasteiger partial charge in [-0.25, -0.2) is 4.39 Å². The van der Waals surface area contributed by atoms with Gasteiger partial charge in [-0.2, -0.15) is 0 Å². The predicted molar refractivity (Wildman–Crippen MR) is 113 cm³/mol. The van der Waals surface area contributed by atoms with Crippen LogP contribution in [0.2, 0.25) is 5.02 Å². The van der Waals surface area contributed by atoms with E-state index in [-0.39, 0.29) is 46.9 Å². The number of amides is 2. The van der Waals surface area contributed by atoms with Gasteiger partial charge in [0.1, 0.15) is 18.2 Å². The molecule has 31 heavy (non-hydrogen) atoms. The van der Waals surface area contributed by atoms with E-state index in [9.17, 15) is 14.0 Å². The van der Waals surface area contributed by atoms with Gasteiger partial charge in [0.25, 0.3) is 5.91 Å². The minimum Gasteiger partial charge on any atom is -0.484 e. The Morgan fingerprint density at radius 1 is 1.03 bits per heavy atom. The van der Waals surface area contributed by atoms with Crippen LogP contribution in [-0.2, 0) is 20.9 Å². The van der Waals surface area contributed by atoms with Gasteiger partial charge in [-0.3, -0.25) is 9.59 Å². The molecule has 2 aromatic carbocycles. The van der Waals surface area contributed by atoms with E-state index in [1.165, 1.54) is 12.1 Å². The van der Waals surface area contributed by atoms with E-state index in [1.807, 2.05) is 31.2 Å². The maximum atomic E-state index is 13.4. The van der Waals surface area contributed by atoms with Crippen LogP contribution >= 0.6 is 11.6 Å². The summed E-state index contributed by atoms with van der Waals surface area (Å²) in [4.78, 5) is 24.4. The third-order valence-corrected chi connectivity index (χ3v) is 5.99. The lowest BCUT2D eigenvalue weighted by Gasteiger charge is -2.70. The first-order valence-corrected chi connectivity index (χ1v) is 10.5. The van der Waals surface area contributed by atoms with E-state index in [4.69, 9.17) is 21.1 Å². The van der Waals surface area contributed by atoms with Crippen LogP contribution in [0.15, 0.2) is 42.5 Å². The molecule has 0 radical (unpaired) electrons. The minimum absolute atomic E-state index is 0.000538. The van der Waals surface area contributed by atoms with Gasteiger partial charge in [0.15, 0.2) is 6.61 Å². The van der Waals surface area contributed by atoms with Crippen LogP contribution in [0.4, 0.5) is 4.39 Å². The number of rotatable bonds is 9. The van der Waals surface area contributed by atoms with Crippen molar-refractivity contribution in [2.45, 2.75) is 43.9 Å². The van der Waals surface area contributed by atoms with E-state index in [0.29, 0.717) is 25.9 Å². The molecule has 2 N–H and O–H groups in total. The van der Waals surface area contributed by atoms with E-state index in [0.717, 1.165) is 17.2 Å². The van der Waals surface area contributed by atoms with Gasteiger partial charge in [-0.1, -0.05) is 41.4 Å². The molecule has 0 saturated heterocycles. The Kier molecular flexibility index (Phi) is 5.90. The molecule has 5 rings (SSSR count). The summed E-state index contributed by atoms with van der Waals surface area (Å²) in [6.45, 7) is 2.19. The van der Waals surface area contributed by atoms with Crippen LogP contribution in [0, 0.1) is 12.7 Å². The number of benzene rings is 2. The van der Waals surface area contributed by atoms with Crippen molar-refractivity contribution >= 4 is 23.4 Å². The number of halogens is 2. The normalized spacial score (nSPS) is 23.3. The average Bonchev–Trinajstić information content (AvgIpc) is 2.66. The molecule has 0 unspecified atom stereocenters. The maximum Gasteiger partial charge on any atom is 0.258 e. The summed E-state index contributed by atoms with van der Waals surface area (Å²) in [6, 6.07) is 12.0. The highest BCUT2D eigenvalue weighted by atomic mass is 35.5. The van der Waals surface area contributed by atoms with Crippen molar-refractivity contribution in [3.63, 3.8) is 0 Å². The van der Waals surface area contributed by atoms with E-state index >= 15 is 0 Å². The summed E-state index contributed by atoms with van der Waals surface area (Å²) >= 11 is 5.63. The van der Waals surface area contributed by atoms with E-state index < -0.39 is 5.82 Å². The largest absolute Gasteiger partial charge is 0.484 e. The van der Waals surface area contributed by atoms with Gasteiger partial charge in [-0.15, -0.1) is 0 Å². The second-order valence-electron chi connectivity index (χ2n) is 8.53. The number of hydrogen-bond donors (Lipinski definition) is 2. The molecule has 2 amide bonds. The van der Waals surface area contributed by atoms with Crippen LogP contribution in [0.25, 0.3) is 0 Å². The highest BCUT2D eigenvalue weighted by molar-refractivity contribution is 6.30. The Labute approximate surface area is 185 Å². The van der Waals surface area contributed by atoms with Gasteiger partial charge in [0.2, 0.25) is 5.91 Å². The van der Waals surface area contributed by atoms with Gasteiger partial charge >= 0.3 is 0 Å². The Hall–Kier alpha value is -2.64. The summed E-state index contributed by atoms with van der Waals surface area (Å²) in [6.07, 6.45) is 2.06. The van der Waals surface area contributed by atoms with Crippen molar-refractivity contribution < 1.29 is 23.5 Å². The van der Waals surface area contributed by atoms with Crippen molar-refractivity contribution in [1.82, 2.24) is 10.6 Å². The van der Waals surface area contributed by atoms with E-state index in [2.05, 4.69) is 10.6 Å². The maximum absolute atomic E-state index is 13.4. The fourth-order valence-corrected chi connectivity index (χ4v) is 4.61. The SMILES string of the molecule is Cc1cccc(COCC(=O)NC23CC(NC(=O)COc4ccc(Cl)c(F)c4)(C2)C3)c1. The van der Waals surface area contributed by atoms with Crippen molar-refractivity contribution in [3.05, 3.63) is 64.4 Å². The lowest BCUT2D eigenvalue weighted by Crippen LogP contribution is -2.84. The zero-order valence-electron chi connectivity index (χ0n) is 17.2. The molecule has 164 valence electrons. The Bertz CT molecular complexity index is 993. The first kappa shape index (κ1) is 21.6. The third kappa shape index (κ3) is 4.99. The molecule has 8 heteroatoms. The second kappa shape index (κ2) is 8.48. The number of ether oxygens (including phenoxy) is 2. The molecule has 6 nitrogen and oxygen atoms in total. The van der Waals surface area contributed by atoms with E-state index in [1.54, 1.807) is 0 Å². The number of aryl methyl sites for hydroxylation is 1. The molecule has 0 aromatic heterocycles. The standard InChI is InChI=1S/C23H24ClFN2O4/c1-15-3-2-4-16(7-15)9-30-10-20(28)26-22-12-23(13-22,14-22)27-21(29)11-31-17-5-6-18(24)19(25)8-17/h2-8H,9-14H2,1H3,(H,26,28)(H,27,29). The topological polar surface area (TPSA) is 76.7 Å². The van der Waals surface area contributed by atoms with Crippen molar-refractivity contribution in [2.75, 3.05) is 13.2 Å². The summed E-state index contributed by atoms with van der Waals surface area (Å²) in [7, 11) is 0. The molecule has 0 atom stereocenters.